The fourth-order valence-corrected chi connectivity index (χ4v) is 1.63. The molecule has 0 unspecified atom stereocenters. The molecule has 7 nitrogen and oxygen atoms in total. The molecule has 0 saturated heterocycles. The van der Waals surface area contributed by atoms with Gasteiger partial charge in [0.1, 0.15) is 11.3 Å². The van der Waals surface area contributed by atoms with Crippen LogP contribution in [0.15, 0.2) is 48.5 Å². The number of phenols is 1. The Labute approximate surface area is 138 Å². The average Bonchev–Trinajstić information content (AvgIpc) is 2.61. The lowest BCUT2D eigenvalue weighted by Gasteiger charge is -2.00. The number of carboxylic acid groups (broad SMARTS) is 1. The first-order valence-electron chi connectivity index (χ1n) is 6.68. The first-order chi connectivity index (χ1) is 11.4. The van der Waals surface area contributed by atoms with Gasteiger partial charge in [0.25, 0.3) is 0 Å². The Hall–Kier alpha value is -3.35. The lowest BCUT2D eigenvalue weighted by molar-refractivity contribution is 0.0586. The number of carbonyl (C=O) groups excluding carboxylic acids is 2. The van der Waals surface area contributed by atoms with E-state index in [1.165, 1.54) is 50.6 Å². The molecule has 0 bridgehead atoms. The van der Waals surface area contributed by atoms with Gasteiger partial charge in [-0.15, -0.1) is 0 Å². The number of aromatic carboxylic acids is 1. The Kier molecular flexibility index (Phi) is 6.97. The number of methoxy groups -OCH3 is 2. The van der Waals surface area contributed by atoms with Gasteiger partial charge < -0.3 is 19.7 Å². The van der Waals surface area contributed by atoms with Crippen LogP contribution in [0, 0.1) is 0 Å². The maximum absolute atomic E-state index is 11.0. The highest BCUT2D eigenvalue weighted by atomic mass is 16.5. The number of carboxylic acids is 1. The summed E-state index contributed by atoms with van der Waals surface area (Å²) in [5.41, 5.74) is 0.739. The maximum atomic E-state index is 11.0. The molecule has 0 spiro atoms. The number of hydrogen-bond donors (Lipinski definition) is 2. The molecule has 2 aromatic rings. The van der Waals surface area contributed by atoms with Crippen molar-refractivity contribution in [1.82, 2.24) is 0 Å². The van der Waals surface area contributed by atoms with Crippen LogP contribution in [0.4, 0.5) is 0 Å². The Balaban J connectivity index is 0.000000254. The van der Waals surface area contributed by atoms with Gasteiger partial charge in [0.2, 0.25) is 0 Å². The van der Waals surface area contributed by atoms with Crippen LogP contribution in [0.25, 0.3) is 0 Å². The predicted octanol–water partition coefficient (Wildman–Crippen LogP) is 2.35. The molecule has 0 amide bonds. The van der Waals surface area contributed by atoms with E-state index in [1.807, 2.05) is 0 Å². The van der Waals surface area contributed by atoms with Crippen LogP contribution < -0.4 is 0 Å². The molecule has 0 aliphatic rings. The van der Waals surface area contributed by atoms with Crippen molar-refractivity contribution in [3.63, 3.8) is 0 Å². The standard InChI is InChI=1S/C10H10O4.C7H6O3/c1-13-9(11)7-3-5-8(6-4-7)10(12)14-2;8-6-4-2-1-3-5(6)7(9)10/h3-6H,1-2H3;1-4,8H,(H,9,10). The molecular weight excluding hydrogens is 316 g/mol. The number of carbonyl (C=O) groups is 3. The minimum Gasteiger partial charge on any atom is -0.507 e. The molecule has 0 radical (unpaired) electrons. The lowest BCUT2D eigenvalue weighted by atomic mass is 10.1. The second kappa shape index (κ2) is 8.94. The van der Waals surface area contributed by atoms with Crippen molar-refractivity contribution in [1.29, 1.82) is 0 Å². The minimum atomic E-state index is -1.11. The fourth-order valence-electron chi connectivity index (χ4n) is 1.63. The summed E-state index contributed by atoms with van der Waals surface area (Å²) in [5, 5.41) is 17.3. The summed E-state index contributed by atoms with van der Waals surface area (Å²) in [6.07, 6.45) is 0. The molecule has 126 valence electrons. The molecule has 0 aliphatic carbocycles. The van der Waals surface area contributed by atoms with Gasteiger partial charge in [0, 0.05) is 0 Å². The first-order valence-corrected chi connectivity index (χ1v) is 6.68. The van der Waals surface area contributed by atoms with Crippen molar-refractivity contribution in [2.45, 2.75) is 0 Å². The molecule has 0 atom stereocenters. The van der Waals surface area contributed by atoms with Crippen LogP contribution in [-0.4, -0.2) is 42.3 Å². The molecule has 7 heteroatoms. The number of aromatic hydroxyl groups is 1. The quantitative estimate of drug-likeness (QED) is 0.830. The number of esters is 2. The molecule has 0 fully saturated rings. The van der Waals surface area contributed by atoms with Crippen molar-refractivity contribution in [3.05, 3.63) is 65.2 Å². The molecule has 0 aromatic heterocycles. The Bertz CT molecular complexity index is 685. The maximum Gasteiger partial charge on any atom is 0.339 e. The van der Waals surface area contributed by atoms with Gasteiger partial charge >= 0.3 is 17.9 Å². The highest BCUT2D eigenvalue weighted by molar-refractivity contribution is 5.93. The van der Waals surface area contributed by atoms with E-state index >= 15 is 0 Å². The van der Waals surface area contributed by atoms with Gasteiger partial charge in [-0.3, -0.25) is 0 Å². The number of benzene rings is 2. The largest absolute Gasteiger partial charge is 0.507 e. The van der Waals surface area contributed by atoms with Crippen LogP contribution in [0.1, 0.15) is 31.1 Å². The molecule has 2 aromatic carbocycles. The van der Waals surface area contributed by atoms with Crippen molar-refractivity contribution in [2.24, 2.45) is 0 Å². The van der Waals surface area contributed by atoms with Gasteiger partial charge in [-0.2, -0.15) is 0 Å². The van der Waals surface area contributed by atoms with E-state index in [1.54, 1.807) is 12.1 Å². The van der Waals surface area contributed by atoms with Crippen LogP contribution in [0.3, 0.4) is 0 Å². The first kappa shape index (κ1) is 18.7. The smallest absolute Gasteiger partial charge is 0.339 e. The van der Waals surface area contributed by atoms with Gasteiger partial charge in [-0.25, -0.2) is 14.4 Å². The number of ether oxygens (including phenoxy) is 2. The monoisotopic (exact) mass is 332 g/mol. The molecule has 0 saturated carbocycles. The predicted molar refractivity (Wildman–Crippen MR) is 84.2 cm³/mol. The Morgan fingerprint density at radius 1 is 0.792 bits per heavy atom. The summed E-state index contributed by atoms with van der Waals surface area (Å²) < 4.78 is 9.02. The third-order valence-corrected chi connectivity index (χ3v) is 2.86. The molecule has 0 aliphatic heterocycles. The molecule has 24 heavy (non-hydrogen) atoms. The van der Waals surface area contributed by atoms with E-state index in [2.05, 4.69) is 9.47 Å². The van der Waals surface area contributed by atoms with Gasteiger partial charge in [-0.05, 0) is 36.4 Å². The van der Waals surface area contributed by atoms with E-state index < -0.39 is 17.9 Å². The third kappa shape index (κ3) is 5.13. The van der Waals surface area contributed by atoms with Crippen molar-refractivity contribution in [3.8, 4) is 5.75 Å². The number of para-hydroxylation sites is 1. The van der Waals surface area contributed by atoms with E-state index in [0.717, 1.165) is 0 Å². The van der Waals surface area contributed by atoms with E-state index in [4.69, 9.17) is 10.2 Å². The zero-order valence-corrected chi connectivity index (χ0v) is 13.1. The van der Waals surface area contributed by atoms with Crippen molar-refractivity contribution in [2.75, 3.05) is 14.2 Å². The lowest BCUT2D eigenvalue weighted by Crippen LogP contribution is -2.04. The van der Waals surface area contributed by atoms with Gasteiger partial charge in [0.05, 0.1) is 25.3 Å². The molecule has 2 rings (SSSR count). The van der Waals surface area contributed by atoms with Gasteiger partial charge in [0.15, 0.2) is 0 Å². The highest BCUT2D eigenvalue weighted by Gasteiger charge is 2.08. The van der Waals surface area contributed by atoms with Crippen LogP contribution in [0.5, 0.6) is 5.75 Å². The van der Waals surface area contributed by atoms with E-state index in [9.17, 15) is 14.4 Å². The van der Waals surface area contributed by atoms with Crippen LogP contribution in [-0.2, 0) is 9.47 Å². The summed E-state index contributed by atoms with van der Waals surface area (Å²) in [5.74, 6) is -2.17. The Morgan fingerprint density at radius 3 is 1.50 bits per heavy atom. The zero-order chi connectivity index (χ0) is 18.1. The number of rotatable bonds is 3. The second-order valence-corrected chi connectivity index (χ2v) is 4.38. The molecular formula is C17H16O7. The van der Waals surface area contributed by atoms with Crippen LogP contribution in [0.2, 0.25) is 0 Å². The SMILES string of the molecule is COC(=O)c1ccc(C(=O)OC)cc1.O=C(O)c1ccccc1O. The normalized spacial score (nSPS) is 9.25. The van der Waals surface area contributed by atoms with Crippen LogP contribution >= 0.6 is 0 Å². The molecule has 0 heterocycles. The summed E-state index contributed by atoms with van der Waals surface area (Å²) >= 11 is 0. The topological polar surface area (TPSA) is 110 Å². The average molecular weight is 332 g/mol. The van der Waals surface area contributed by atoms with Gasteiger partial charge in [-0.1, -0.05) is 12.1 Å². The fraction of sp³-hybridized carbons (Fsp3) is 0.118. The second-order valence-electron chi connectivity index (χ2n) is 4.38. The summed E-state index contributed by atoms with van der Waals surface area (Å²) in [4.78, 5) is 32.3. The van der Waals surface area contributed by atoms with E-state index in [-0.39, 0.29) is 11.3 Å². The molecule has 2 N–H and O–H groups in total. The zero-order valence-electron chi connectivity index (χ0n) is 13.1. The summed E-state index contributed by atoms with van der Waals surface area (Å²) in [6.45, 7) is 0. The third-order valence-electron chi connectivity index (χ3n) is 2.86. The minimum absolute atomic E-state index is 0.0671. The van der Waals surface area contributed by atoms with E-state index in [0.29, 0.717) is 11.1 Å². The number of hydrogen-bond acceptors (Lipinski definition) is 6. The highest BCUT2D eigenvalue weighted by Crippen LogP contribution is 2.14. The Morgan fingerprint density at radius 2 is 1.21 bits per heavy atom. The van der Waals surface area contributed by atoms with Crippen molar-refractivity contribution < 1.29 is 34.1 Å². The van der Waals surface area contributed by atoms with Crippen molar-refractivity contribution >= 4 is 17.9 Å². The summed E-state index contributed by atoms with van der Waals surface area (Å²) in [7, 11) is 2.60. The summed E-state index contributed by atoms with van der Waals surface area (Å²) in [6, 6.07) is 11.9.